The van der Waals surface area contributed by atoms with Crippen molar-refractivity contribution in [3.05, 3.63) is 18.3 Å². The molecule has 3 heteroatoms. The van der Waals surface area contributed by atoms with Crippen molar-refractivity contribution in [2.24, 2.45) is 0 Å². The maximum Gasteiger partial charge on any atom is 0.123 e. The molecule has 0 amide bonds. The van der Waals surface area contributed by atoms with Crippen LogP contribution < -0.4 is 11.1 Å². The van der Waals surface area contributed by atoms with Crippen molar-refractivity contribution in [3.8, 4) is 0 Å². The number of hydrogen-bond acceptors (Lipinski definition) is 3. The predicted molar refractivity (Wildman–Crippen MR) is 70.5 cm³/mol. The molecule has 90 valence electrons. The molecule has 1 atom stereocenters. The molecule has 0 saturated heterocycles. The summed E-state index contributed by atoms with van der Waals surface area (Å²) in [5.41, 5.74) is 6.62. The minimum absolute atomic E-state index is 0.553. The lowest BCUT2D eigenvalue weighted by Gasteiger charge is -2.17. The summed E-state index contributed by atoms with van der Waals surface area (Å²) in [6, 6.07) is 4.38. The number of pyridine rings is 1. The van der Waals surface area contributed by atoms with Gasteiger partial charge in [-0.2, -0.15) is 0 Å². The standard InChI is InChI=1S/C13H23N3/c1-3-5-6-7-11(4-2)16-12-8-9-13(14)15-10-12/h8-11,16H,3-7H2,1-2H3,(H2,14,15). The summed E-state index contributed by atoms with van der Waals surface area (Å²) < 4.78 is 0. The van der Waals surface area contributed by atoms with Gasteiger partial charge in [0.05, 0.1) is 11.9 Å². The average molecular weight is 221 g/mol. The summed E-state index contributed by atoms with van der Waals surface area (Å²) in [5, 5.41) is 3.50. The second-order valence-electron chi connectivity index (χ2n) is 4.22. The Kier molecular flexibility index (Phi) is 5.68. The highest BCUT2D eigenvalue weighted by Gasteiger charge is 2.05. The lowest BCUT2D eigenvalue weighted by molar-refractivity contribution is 0.574. The highest BCUT2D eigenvalue weighted by Crippen LogP contribution is 2.14. The van der Waals surface area contributed by atoms with Crippen LogP contribution >= 0.6 is 0 Å². The molecule has 1 rings (SSSR count). The Morgan fingerprint density at radius 2 is 2.12 bits per heavy atom. The summed E-state index contributed by atoms with van der Waals surface area (Å²) in [7, 11) is 0. The van der Waals surface area contributed by atoms with Crippen molar-refractivity contribution in [2.45, 2.75) is 52.0 Å². The number of nitrogens with zero attached hydrogens (tertiary/aromatic N) is 1. The Hall–Kier alpha value is -1.25. The number of nitrogen functional groups attached to an aromatic ring is 1. The highest BCUT2D eigenvalue weighted by atomic mass is 14.9. The first-order chi connectivity index (χ1) is 7.76. The van der Waals surface area contributed by atoms with Crippen molar-refractivity contribution in [1.29, 1.82) is 0 Å². The van der Waals surface area contributed by atoms with Crippen molar-refractivity contribution in [1.82, 2.24) is 4.98 Å². The van der Waals surface area contributed by atoms with Crippen LogP contribution in [0.3, 0.4) is 0 Å². The third kappa shape index (κ3) is 4.51. The first-order valence-electron chi connectivity index (χ1n) is 6.24. The Balaban J connectivity index is 2.40. The van der Waals surface area contributed by atoms with Gasteiger partial charge in [-0.3, -0.25) is 0 Å². The van der Waals surface area contributed by atoms with Crippen LogP contribution in [0.15, 0.2) is 18.3 Å². The van der Waals surface area contributed by atoms with Crippen LogP contribution in [0.2, 0.25) is 0 Å². The molecule has 1 aromatic heterocycles. The maximum atomic E-state index is 5.55. The van der Waals surface area contributed by atoms with Crippen LogP contribution in [0.25, 0.3) is 0 Å². The Bertz CT molecular complexity index is 282. The minimum Gasteiger partial charge on any atom is -0.384 e. The van der Waals surface area contributed by atoms with Crippen LogP contribution in [0.1, 0.15) is 46.0 Å². The molecule has 16 heavy (non-hydrogen) atoms. The van der Waals surface area contributed by atoms with E-state index >= 15 is 0 Å². The highest BCUT2D eigenvalue weighted by molar-refractivity contribution is 5.45. The second kappa shape index (κ2) is 7.09. The minimum atomic E-state index is 0.553. The number of anilines is 2. The number of aromatic nitrogens is 1. The maximum absolute atomic E-state index is 5.55. The third-order valence-electron chi connectivity index (χ3n) is 2.81. The van der Waals surface area contributed by atoms with Gasteiger partial charge in [-0.15, -0.1) is 0 Å². The topological polar surface area (TPSA) is 50.9 Å². The van der Waals surface area contributed by atoms with E-state index < -0.39 is 0 Å². The summed E-state index contributed by atoms with van der Waals surface area (Å²) in [6.07, 6.45) is 8.07. The van der Waals surface area contributed by atoms with E-state index in [-0.39, 0.29) is 0 Å². The molecule has 1 unspecified atom stereocenters. The molecular formula is C13H23N3. The molecule has 0 aliphatic rings. The Labute approximate surface area is 98.5 Å². The molecule has 0 bridgehead atoms. The first-order valence-corrected chi connectivity index (χ1v) is 6.24. The second-order valence-corrected chi connectivity index (χ2v) is 4.22. The molecule has 0 fully saturated rings. The SMILES string of the molecule is CCCCCC(CC)Nc1ccc(N)nc1. The lowest BCUT2D eigenvalue weighted by Crippen LogP contribution is -2.18. The third-order valence-corrected chi connectivity index (χ3v) is 2.81. The lowest BCUT2D eigenvalue weighted by atomic mass is 10.1. The van der Waals surface area contributed by atoms with Crippen LogP contribution in [-0.4, -0.2) is 11.0 Å². The van der Waals surface area contributed by atoms with E-state index in [1.54, 1.807) is 6.20 Å². The van der Waals surface area contributed by atoms with Gasteiger partial charge in [0.25, 0.3) is 0 Å². The Morgan fingerprint density at radius 1 is 1.31 bits per heavy atom. The normalized spacial score (nSPS) is 12.4. The smallest absolute Gasteiger partial charge is 0.123 e. The van der Waals surface area contributed by atoms with E-state index in [0.29, 0.717) is 11.9 Å². The monoisotopic (exact) mass is 221 g/mol. The Morgan fingerprint density at radius 3 is 2.69 bits per heavy atom. The van der Waals surface area contributed by atoms with Gasteiger partial charge in [-0.25, -0.2) is 4.98 Å². The molecule has 0 aliphatic carbocycles. The zero-order valence-corrected chi connectivity index (χ0v) is 10.4. The molecule has 3 N–H and O–H groups in total. The molecule has 3 nitrogen and oxygen atoms in total. The molecule has 0 saturated carbocycles. The number of unbranched alkanes of at least 4 members (excludes halogenated alkanes) is 2. The van der Waals surface area contributed by atoms with Gasteiger partial charge in [-0.05, 0) is 25.0 Å². The number of hydrogen-bond donors (Lipinski definition) is 2. The van der Waals surface area contributed by atoms with Gasteiger partial charge >= 0.3 is 0 Å². The van der Waals surface area contributed by atoms with Gasteiger partial charge in [0, 0.05) is 6.04 Å². The first kappa shape index (κ1) is 12.8. The fourth-order valence-corrected chi connectivity index (χ4v) is 1.75. The van der Waals surface area contributed by atoms with E-state index in [0.717, 1.165) is 12.1 Å². The van der Waals surface area contributed by atoms with Crippen LogP contribution in [-0.2, 0) is 0 Å². The molecule has 1 heterocycles. The van der Waals surface area contributed by atoms with Gasteiger partial charge in [0.2, 0.25) is 0 Å². The fraction of sp³-hybridized carbons (Fsp3) is 0.615. The van der Waals surface area contributed by atoms with Crippen molar-refractivity contribution in [2.75, 3.05) is 11.1 Å². The number of nitrogens with one attached hydrogen (secondary N) is 1. The largest absolute Gasteiger partial charge is 0.384 e. The van der Waals surface area contributed by atoms with E-state index in [1.807, 2.05) is 12.1 Å². The van der Waals surface area contributed by atoms with E-state index in [4.69, 9.17) is 5.73 Å². The van der Waals surface area contributed by atoms with Gasteiger partial charge < -0.3 is 11.1 Å². The zero-order valence-electron chi connectivity index (χ0n) is 10.4. The van der Waals surface area contributed by atoms with Crippen LogP contribution in [0.5, 0.6) is 0 Å². The van der Waals surface area contributed by atoms with Gasteiger partial charge in [0.1, 0.15) is 5.82 Å². The van der Waals surface area contributed by atoms with Gasteiger partial charge in [0.15, 0.2) is 0 Å². The van der Waals surface area contributed by atoms with Crippen LogP contribution in [0, 0.1) is 0 Å². The van der Waals surface area contributed by atoms with Gasteiger partial charge in [-0.1, -0.05) is 33.1 Å². The summed E-state index contributed by atoms with van der Waals surface area (Å²) in [5.74, 6) is 0.574. The summed E-state index contributed by atoms with van der Waals surface area (Å²) in [4.78, 5) is 4.08. The molecule has 0 aromatic carbocycles. The fourth-order valence-electron chi connectivity index (χ4n) is 1.75. The van der Waals surface area contributed by atoms with Crippen molar-refractivity contribution >= 4 is 11.5 Å². The summed E-state index contributed by atoms with van der Waals surface area (Å²) in [6.45, 7) is 4.45. The van der Waals surface area contributed by atoms with Crippen molar-refractivity contribution < 1.29 is 0 Å². The zero-order chi connectivity index (χ0) is 11.8. The molecule has 1 aromatic rings. The molecule has 0 aliphatic heterocycles. The van der Waals surface area contributed by atoms with E-state index in [9.17, 15) is 0 Å². The molecular weight excluding hydrogens is 198 g/mol. The molecule has 0 spiro atoms. The summed E-state index contributed by atoms with van der Waals surface area (Å²) >= 11 is 0. The van der Waals surface area contributed by atoms with Crippen LogP contribution in [0.4, 0.5) is 11.5 Å². The number of rotatable bonds is 7. The van der Waals surface area contributed by atoms with E-state index in [1.165, 1.54) is 25.7 Å². The van der Waals surface area contributed by atoms with E-state index in [2.05, 4.69) is 24.1 Å². The predicted octanol–water partition coefficient (Wildman–Crippen LogP) is 3.43. The molecule has 0 radical (unpaired) electrons. The number of nitrogens with two attached hydrogens (primary N) is 1. The van der Waals surface area contributed by atoms with Crippen molar-refractivity contribution in [3.63, 3.8) is 0 Å². The average Bonchev–Trinajstić information content (AvgIpc) is 2.31. The quantitative estimate of drug-likeness (QED) is 0.693.